The number of aliphatic hydroxyl groups is 1. The van der Waals surface area contributed by atoms with Gasteiger partial charge in [0.25, 0.3) is 0 Å². The molecule has 0 amide bonds. The van der Waals surface area contributed by atoms with E-state index in [1.807, 2.05) is 6.92 Å². The van der Waals surface area contributed by atoms with Crippen LogP contribution in [0.5, 0.6) is 0 Å². The lowest BCUT2D eigenvalue weighted by atomic mass is 10.1. The minimum absolute atomic E-state index is 0.164. The van der Waals surface area contributed by atoms with Gasteiger partial charge in [0.05, 0.1) is 19.3 Å². The summed E-state index contributed by atoms with van der Waals surface area (Å²) in [7, 11) is 0. The molecular weight excluding hydrogens is 206 g/mol. The minimum Gasteiger partial charge on any atom is -0.395 e. The molecular formula is C12H25NO3. The Morgan fingerprint density at radius 1 is 1.50 bits per heavy atom. The van der Waals surface area contributed by atoms with Crippen LogP contribution in [0.25, 0.3) is 0 Å². The lowest BCUT2D eigenvalue weighted by Gasteiger charge is -2.22. The van der Waals surface area contributed by atoms with E-state index in [0.717, 1.165) is 26.0 Å². The van der Waals surface area contributed by atoms with Crippen LogP contribution >= 0.6 is 0 Å². The van der Waals surface area contributed by atoms with E-state index >= 15 is 0 Å². The van der Waals surface area contributed by atoms with Gasteiger partial charge < -0.3 is 19.9 Å². The van der Waals surface area contributed by atoms with Gasteiger partial charge in [-0.25, -0.2) is 0 Å². The Labute approximate surface area is 98.3 Å². The molecule has 1 saturated heterocycles. The maximum absolute atomic E-state index is 9.06. The molecule has 96 valence electrons. The molecule has 0 radical (unpaired) electrons. The van der Waals surface area contributed by atoms with Crippen molar-refractivity contribution < 1.29 is 14.6 Å². The Balaban J connectivity index is 1.97. The zero-order valence-corrected chi connectivity index (χ0v) is 10.3. The van der Waals surface area contributed by atoms with Gasteiger partial charge in [0.1, 0.15) is 0 Å². The zero-order chi connectivity index (χ0) is 11.6. The smallest absolute Gasteiger partial charge is 0.0808 e. The molecule has 0 bridgehead atoms. The largest absolute Gasteiger partial charge is 0.395 e. The average Bonchev–Trinajstić information content (AvgIpc) is 2.34. The van der Waals surface area contributed by atoms with Crippen molar-refractivity contribution in [3.8, 4) is 0 Å². The van der Waals surface area contributed by atoms with E-state index in [4.69, 9.17) is 14.6 Å². The molecule has 0 aromatic carbocycles. The fourth-order valence-electron chi connectivity index (χ4n) is 1.93. The Hall–Kier alpha value is -0.160. The van der Waals surface area contributed by atoms with Crippen molar-refractivity contribution in [2.75, 3.05) is 33.0 Å². The molecule has 0 saturated carbocycles. The summed E-state index contributed by atoms with van der Waals surface area (Å²) in [4.78, 5) is 0. The van der Waals surface area contributed by atoms with Crippen molar-refractivity contribution >= 4 is 0 Å². The Bertz CT molecular complexity index is 154. The van der Waals surface area contributed by atoms with Crippen molar-refractivity contribution in [3.05, 3.63) is 0 Å². The number of hydrogen-bond donors (Lipinski definition) is 2. The first kappa shape index (κ1) is 13.9. The summed E-state index contributed by atoms with van der Waals surface area (Å²) in [6.45, 7) is 5.38. The first-order chi connectivity index (χ1) is 7.86. The van der Waals surface area contributed by atoms with Crippen molar-refractivity contribution in [3.63, 3.8) is 0 Å². The van der Waals surface area contributed by atoms with Crippen LogP contribution in [0.3, 0.4) is 0 Å². The third-order valence-corrected chi connectivity index (χ3v) is 2.90. The summed E-state index contributed by atoms with van der Waals surface area (Å²) in [6.07, 6.45) is 4.71. The highest BCUT2D eigenvalue weighted by Gasteiger charge is 2.13. The summed E-state index contributed by atoms with van der Waals surface area (Å²) < 4.78 is 11.1. The first-order valence-electron chi connectivity index (χ1n) is 6.40. The second-order valence-corrected chi connectivity index (χ2v) is 4.29. The predicted octanol–water partition coefficient (Wildman–Crippen LogP) is 0.933. The molecule has 4 nitrogen and oxygen atoms in total. The quantitative estimate of drug-likeness (QED) is 0.610. The second-order valence-electron chi connectivity index (χ2n) is 4.29. The van der Waals surface area contributed by atoms with E-state index in [1.54, 1.807) is 0 Å². The molecule has 0 aliphatic carbocycles. The molecule has 0 spiro atoms. The number of nitrogens with one attached hydrogen (secondary N) is 1. The van der Waals surface area contributed by atoms with Gasteiger partial charge in [-0.3, -0.25) is 0 Å². The van der Waals surface area contributed by atoms with E-state index in [1.165, 1.54) is 12.8 Å². The summed E-state index contributed by atoms with van der Waals surface area (Å²) in [6, 6.07) is 0.164. The summed E-state index contributed by atoms with van der Waals surface area (Å²) in [5.41, 5.74) is 0. The van der Waals surface area contributed by atoms with Crippen LogP contribution in [0.15, 0.2) is 0 Å². The van der Waals surface area contributed by atoms with Crippen LogP contribution in [0.1, 0.15) is 32.6 Å². The van der Waals surface area contributed by atoms with Crippen LogP contribution in [0, 0.1) is 0 Å². The SMILES string of the molecule is CCNC(CO)CCOCC1CCCCO1. The molecule has 4 heteroatoms. The van der Waals surface area contributed by atoms with Crippen molar-refractivity contribution in [1.82, 2.24) is 5.32 Å². The molecule has 2 atom stereocenters. The van der Waals surface area contributed by atoms with Gasteiger partial charge >= 0.3 is 0 Å². The van der Waals surface area contributed by atoms with Crippen LogP contribution in [0.4, 0.5) is 0 Å². The molecule has 1 fully saturated rings. The fraction of sp³-hybridized carbons (Fsp3) is 1.00. The number of likely N-dealkylation sites (N-methyl/N-ethyl adjacent to an activating group) is 1. The van der Waals surface area contributed by atoms with Gasteiger partial charge in [0.2, 0.25) is 0 Å². The molecule has 2 unspecified atom stereocenters. The molecule has 1 rings (SSSR count). The predicted molar refractivity (Wildman–Crippen MR) is 63.6 cm³/mol. The summed E-state index contributed by atoms with van der Waals surface area (Å²) in [5.74, 6) is 0. The number of hydrogen-bond acceptors (Lipinski definition) is 4. The number of ether oxygens (including phenoxy) is 2. The van der Waals surface area contributed by atoms with Gasteiger partial charge in [-0.1, -0.05) is 6.92 Å². The Morgan fingerprint density at radius 3 is 3.00 bits per heavy atom. The third-order valence-electron chi connectivity index (χ3n) is 2.90. The maximum atomic E-state index is 9.06. The average molecular weight is 231 g/mol. The van der Waals surface area contributed by atoms with Crippen molar-refractivity contribution in [2.24, 2.45) is 0 Å². The van der Waals surface area contributed by atoms with E-state index in [9.17, 15) is 0 Å². The highest BCUT2D eigenvalue weighted by Crippen LogP contribution is 2.12. The fourth-order valence-corrected chi connectivity index (χ4v) is 1.93. The zero-order valence-electron chi connectivity index (χ0n) is 10.3. The van der Waals surface area contributed by atoms with E-state index in [0.29, 0.717) is 19.3 Å². The molecule has 16 heavy (non-hydrogen) atoms. The van der Waals surface area contributed by atoms with Gasteiger partial charge in [-0.15, -0.1) is 0 Å². The molecule has 1 heterocycles. The highest BCUT2D eigenvalue weighted by molar-refractivity contribution is 4.65. The maximum Gasteiger partial charge on any atom is 0.0808 e. The monoisotopic (exact) mass is 231 g/mol. The molecule has 0 aromatic heterocycles. The summed E-state index contributed by atoms with van der Waals surface area (Å²) in [5, 5.41) is 12.3. The van der Waals surface area contributed by atoms with Gasteiger partial charge in [-0.2, -0.15) is 0 Å². The second kappa shape index (κ2) is 8.93. The first-order valence-corrected chi connectivity index (χ1v) is 6.40. The standard InChI is InChI=1S/C12H25NO3/c1-2-13-11(9-14)6-8-15-10-12-5-3-4-7-16-12/h11-14H,2-10H2,1H3. The van der Waals surface area contributed by atoms with Crippen molar-refractivity contribution in [1.29, 1.82) is 0 Å². The Morgan fingerprint density at radius 2 is 2.38 bits per heavy atom. The lowest BCUT2D eigenvalue weighted by molar-refractivity contribution is -0.0423. The Kier molecular flexibility index (Phi) is 7.76. The topological polar surface area (TPSA) is 50.7 Å². The normalized spacial score (nSPS) is 23.2. The minimum atomic E-state index is 0.164. The van der Waals surface area contributed by atoms with E-state index in [-0.39, 0.29) is 12.6 Å². The van der Waals surface area contributed by atoms with Crippen LogP contribution < -0.4 is 5.32 Å². The molecule has 2 N–H and O–H groups in total. The van der Waals surface area contributed by atoms with E-state index < -0.39 is 0 Å². The van der Waals surface area contributed by atoms with Crippen molar-refractivity contribution in [2.45, 2.75) is 44.8 Å². The van der Waals surface area contributed by atoms with Crippen LogP contribution in [-0.4, -0.2) is 50.2 Å². The highest BCUT2D eigenvalue weighted by atomic mass is 16.5. The van der Waals surface area contributed by atoms with Gasteiger partial charge in [0, 0.05) is 19.3 Å². The molecule has 1 aliphatic heterocycles. The van der Waals surface area contributed by atoms with Crippen LogP contribution in [0.2, 0.25) is 0 Å². The number of rotatable bonds is 8. The lowest BCUT2D eigenvalue weighted by Crippen LogP contribution is -2.34. The molecule has 1 aliphatic rings. The van der Waals surface area contributed by atoms with Gasteiger partial charge in [0.15, 0.2) is 0 Å². The van der Waals surface area contributed by atoms with Crippen LogP contribution in [-0.2, 0) is 9.47 Å². The summed E-state index contributed by atoms with van der Waals surface area (Å²) >= 11 is 0. The van der Waals surface area contributed by atoms with Gasteiger partial charge in [-0.05, 0) is 32.2 Å². The van der Waals surface area contributed by atoms with E-state index in [2.05, 4.69) is 5.32 Å². The molecule has 0 aromatic rings. The third kappa shape index (κ3) is 5.80. The number of aliphatic hydroxyl groups excluding tert-OH is 1.